The maximum atomic E-state index is 13.0. The average Bonchev–Trinajstić information content (AvgIpc) is 2.55. The first-order chi connectivity index (χ1) is 14.5. The van der Waals surface area contributed by atoms with E-state index in [2.05, 4.69) is 4.74 Å². The van der Waals surface area contributed by atoms with Crippen molar-refractivity contribution in [1.29, 1.82) is 0 Å². The summed E-state index contributed by atoms with van der Waals surface area (Å²) >= 11 is 0.347. The fourth-order valence-electron chi connectivity index (χ4n) is 1.41. The molecule has 22 heteroatoms. The minimum Gasteiger partial charge on any atom is -0.402 e. The van der Waals surface area contributed by atoms with Gasteiger partial charge in [-0.2, -0.15) is 74.6 Å². The zero-order chi connectivity index (χ0) is 28.3. The highest BCUT2D eigenvalue weighted by atomic mass is 127. The highest BCUT2D eigenvalue weighted by Gasteiger charge is 2.81. The van der Waals surface area contributed by atoms with E-state index < -0.39 is 70.6 Å². The van der Waals surface area contributed by atoms with Crippen molar-refractivity contribution >= 4 is 22.6 Å². The van der Waals surface area contributed by atoms with Crippen molar-refractivity contribution in [3.63, 3.8) is 0 Å². The largest absolute Gasteiger partial charge is 0.435 e. The van der Waals surface area contributed by atoms with Gasteiger partial charge in [0.25, 0.3) is 6.17 Å². The Morgan fingerprint density at radius 2 is 1.06 bits per heavy atom. The van der Waals surface area contributed by atoms with Gasteiger partial charge in [-0.25, -0.2) is 13.2 Å². The summed E-state index contributed by atoms with van der Waals surface area (Å²) in [5.74, 6) is -11.8. The van der Waals surface area contributed by atoms with Crippen molar-refractivity contribution in [3.8, 4) is 0 Å². The van der Waals surface area contributed by atoms with E-state index >= 15 is 0 Å². The van der Waals surface area contributed by atoms with Crippen LogP contribution in [0.4, 0.5) is 87.8 Å². The molecule has 0 aliphatic heterocycles. The normalized spacial score (nSPS) is 16.0. The van der Waals surface area contributed by atoms with Crippen molar-refractivity contribution in [1.82, 2.24) is 0 Å². The molecule has 0 aromatic carbocycles. The lowest BCUT2D eigenvalue weighted by atomic mass is 9.91. The quantitative estimate of drug-likeness (QED) is 0.114. The Labute approximate surface area is 186 Å². The van der Waals surface area contributed by atoms with Crippen LogP contribution in [0.3, 0.4) is 0 Å². The van der Waals surface area contributed by atoms with Gasteiger partial charge in [0, 0.05) is 0 Å². The van der Waals surface area contributed by atoms with Gasteiger partial charge in [0.2, 0.25) is 5.83 Å². The van der Waals surface area contributed by atoms with Gasteiger partial charge in [0.05, 0.1) is 0 Å². The Balaban J connectivity index is 0. The predicted octanol–water partition coefficient (Wildman–Crippen LogP) is 8.92. The Bertz CT molecular complexity index is 736. The number of hydrogen-bond acceptors (Lipinski definition) is 1. The molecular formula is C12H3F20IO. The van der Waals surface area contributed by atoms with E-state index in [-0.39, 0.29) is 0 Å². The van der Waals surface area contributed by atoms with Gasteiger partial charge in [0.15, 0.2) is 0 Å². The first-order valence-corrected chi connectivity index (χ1v) is 8.02. The number of rotatable bonds is 7. The van der Waals surface area contributed by atoms with Crippen LogP contribution in [0.25, 0.3) is 0 Å². The molecule has 0 aliphatic rings. The smallest absolute Gasteiger partial charge is 0.402 e. The monoisotopic (exact) mass is 670 g/mol. The van der Waals surface area contributed by atoms with Crippen LogP contribution in [0.5, 0.6) is 0 Å². The third kappa shape index (κ3) is 9.34. The van der Waals surface area contributed by atoms with Crippen molar-refractivity contribution < 1.29 is 92.5 Å². The minimum absolute atomic E-state index is 0.347. The standard InChI is InChI=1S/C7HF13.C5H2F7IO/c8-1(2(9)10)4(12,7(18,19)20)5(13,14)3(11)6(15,16)17;6-2(7)3(8)14-5(11,12)1-4(9,10)13/h3H;1H2. The first kappa shape index (κ1) is 34.8. The molecule has 0 fully saturated rings. The zero-order valence-electron chi connectivity index (χ0n) is 14.6. The highest BCUT2D eigenvalue weighted by molar-refractivity contribution is 14.1. The van der Waals surface area contributed by atoms with Crippen LogP contribution in [-0.4, -0.2) is 40.2 Å². The van der Waals surface area contributed by atoms with Crippen molar-refractivity contribution in [2.75, 3.05) is 0 Å². The molecule has 2 atom stereocenters. The fraction of sp³-hybridized carbons (Fsp3) is 0.667. The minimum atomic E-state index is -7.28. The molecule has 0 heterocycles. The molecule has 0 spiro atoms. The van der Waals surface area contributed by atoms with Crippen LogP contribution in [0.15, 0.2) is 24.0 Å². The second-order valence-electron chi connectivity index (χ2n) is 5.32. The third-order valence-corrected chi connectivity index (χ3v) is 3.10. The van der Waals surface area contributed by atoms with E-state index in [1.54, 1.807) is 0 Å². The summed E-state index contributed by atoms with van der Waals surface area (Å²) in [5.41, 5.74) is -7.17. The highest BCUT2D eigenvalue weighted by Crippen LogP contribution is 2.55. The molecule has 34 heavy (non-hydrogen) atoms. The summed E-state index contributed by atoms with van der Waals surface area (Å²) in [6, 6.07) is -2.87. The maximum Gasteiger partial charge on any atom is 0.435 e. The number of hydrogen-bond donors (Lipinski definition) is 0. The molecule has 0 rings (SSSR count). The van der Waals surface area contributed by atoms with Gasteiger partial charge in [-0.05, 0) is 22.6 Å². The Kier molecular flexibility index (Phi) is 11.4. The second kappa shape index (κ2) is 11.1. The van der Waals surface area contributed by atoms with Gasteiger partial charge in [-0.15, -0.1) is 0 Å². The molecular weight excluding hydrogens is 667 g/mol. The zero-order valence-corrected chi connectivity index (χ0v) is 16.8. The van der Waals surface area contributed by atoms with Gasteiger partial charge in [0.1, 0.15) is 6.42 Å². The van der Waals surface area contributed by atoms with Crippen molar-refractivity contribution in [2.24, 2.45) is 0 Å². The molecule has 0 radical (unpaired) electrons. The molecule has 0 aromatic heterocycles. The number of halogens is 21. The van der Waals surface area contributed by atoms with Gasteiger partial charge in [-0.1, -0.05) is 0 Å². The van der Waals surface area contributed by atoms with Gasteiger partial charge >= 0.3 is 52.2 Å². The van der Waals surface area contributed by atoms with Crippen LogP contribution in [-0.2, 0) is 4.74 Å². The van der Waals surface area contributed by atoms with Crippen LogP contribution in [0.1, 0.15) is 6.42 Å². The molecule has 0 aromatic rings. The van der Waals surface area contributed by atoms with Crippen molar-refractivity contribution in [2.45, 2.75) is 46.6 Å². The summed E-state index contributed by atoms with van der Waals surface area (Å²) in [4.78, 5) is 0. The van der Waals surface area contributed by atoms with Gasteiger partial charge < -0.3 is 4.74 Å². The van der Waals surface area contributed by atoms with E-state index in [1.165, 1.54) is 0 Å². The lowest BCUT2D eigenvalue weighted by molar-refractivity contribution is -0.337. The number of alkyl halides is 15. The van der Waals surface area contributed by atoms with Crippen LogP contribution in [0.2, 0.25) is 0 Å². The van der Waals surface area contributed by atoms with Crippen LogP contribution < -0.4 is 0 Å². The van der Waals surface area contributed by atoms with E-state index in [4.69, 9.17) is 0 Å². The van der Waals surface area contributed by atoms with Crippen LogP contribution in [0, 0.1) is 0 Å². The summed E-state index contributed by atoms with van der Waals surface area (Å²) in [6.07, 6.45) is -34.2. The molecule has 0 bridgehead atoms. The first-order valence-electron chi connectivity index (χ1n) is 6.94. The fourth-order valence-corrected chi connectivity index (χ4v) is 1.85. The van der Waals surface area contributed by atoms with Crippen molar-refractivity contribution in [3.05, 3.63) is 24.0 Å². The molecule has 1 nitrogen and oxygen atoms in total. The Hall–Kier alpha value is -1.39. The summed E-state index contributed by atoms with van der Waals surface area (Å²) in [7, 11) is 0. The lowest BCUT2D eigenvalue weighted by Crippen LogP contribution is -2.63. The summed E-state index contributed by atoms with van der Waals surface area (Å²) < 4.78 is 238. The Morgan fingerprint density at radius 3 is 1.29 bits per heavy atom. The molecule has 0 saturated heterocycles. The van der Waals surface area contributed by atoms with E-state index in [0.29, 0.717) is 22.6 Å². The molecule has 0 saturated carbocycles. The summed E-state index contributed by atoms with van der Waals surface area (Å²) in [6.45, 7) is 0. The third-order valence-electron chi connectivity index (χ3n) is 2.72. The Morgan fingerprint density at radius 1 is 0.676 bits per heavy atom. The molecule has 0 amide bonds. The molecule has 0 N–H and O–H groups in total. The number of allylic oxidation sites excluding steroid dienone is 1. The topological polar surface area (TPSA) is 9.23 Å². The number of ether oxygens (including phenoxy) is 1. The SMILES string of the molecule is FC(F)=C(F)C(F)(C(F)(F)F)C(F)(F)C(F)C(F)(F)F.FC(F)=C(F)OC(F)(F)CC(F)(F)I. The maximum absolute atomic E-state index is 13.0. The molecule has 2 unspecified atom stereocenters. The molecule has 0 aliphatic carbocycles. The lowest BCUT2D eigenvalue weighted by Gasteiger charge is -2.35. The van der Waals surface area contributed by atoms with E-state index in [9.17, 15) is 87.8 Å². The van der Waals surface area contributed by atoms with E-state index in [0.717, 1.165) is 0 Å². The average molecular weight is 670 g/mol. The molecule has 204 valence electrons. The second-order valence-corrected chi connectivity index (χ2v) is 6.90. The van der Waals surface area contributed by atoms with E-state index in [1.807, 2.05) is 0 Å². The summed E-state index contributed by atoms with van der Waals surface area (Å²) in [5, 5.41) is 0. The predicted molar refractivity (Wildman–Crippen MR) is 76.1 cm³/mol. The van der Waals surface area contributed by atoms with Gasteiger partial charge in [-0.3, -0.25) is 0 Å². The van der Waals surface area contributed by atoms with Crippen LogP contribution >= 0.6 is 22.6 Å².